The topological polar surface area (TPSA) is 202 Å². The van der Waals surface area contributed by atoms with Gasteiger partial charge in [0.2, 0.25) is 0 Å². The van der Waals surface area contributed by atoms with E-state index in [1.807, 2.05) is 0 Å². The van der Waals surface area contributed by atoms with Gasteiger partial charge in [-0.15, -0.1) is 0 Å². The smallest absolute Gasteiger partial charge is 0.197 e. The summed E-state index contributed by atoms with van der Waals surface area (Å²) >= 11 is 0. The molecule has 6 aromatic rings. The van der Waals surface area contributed by atoms with Gasteiger partial charge in [-0.05, 0) is 42.5 Å². The van der Waals surface area contributed by atoms with E-state index in [4.69, 9.17) is 8.83 Å². The summed E-state index contributed by atoms with van der Waals surface area (Å²) < 4.78 is 11.8. The van der Waals surface area contributed by atoms with Crippen LogP contribution in [0.2, 0.25) is 0 Å². The number of rotatable bonds is 3. The van der Waals surface area contributed by atoms with Crippen molar-refractivity contribution in [3.63, 3.8) is 0 Å². The van der Waals surface area contributed by atoms with Crippen molar-refractivity contribution in [2.75, 3.05) is 0 Å². The lowest BCUT2D eigenvalue weighted by molar-refractivity contribution is 0.404. The summed E-state index contributed by atoms with van der Waals surface area (Å²) in [6.07, 6.45) is 0. The highest BCUT2D eigenvalue weighted by Gasteiger charge is 2.27. The zero-order valence-corrected chi connectivity index (χ0v) is 20.6. The average molecular weight is 554 g/mol. The quantitative estimate of drug-likeness (QED) is 0.148. The molecule has 2 heterocycles. The summed E-state index contributed by atoms with van der Waals surface area (Å²) in [7, 11) is 0. The average Bonchev–Trinajstić information content (AvgIpc) is 2.92. The Morgan fingerprint density at radius 2 is 1.22 bits per heavy atom. The molecule has 0 atom stereocenters. The maximum atomic E-state index is 13.2. The van der Waals surface area contributed by atoms with E-state index >= 15 is 0 Å². The fraction of sp³-hybridized carbons (Fsp3) is 0. The van der Waals surface area contributed by atoms with Crippen LogP contribution in [0.25, 0.3) is 55.7 Å². The molecule has 0 bridgehead atoms. The van der Waals surface area contributed by atoms with Crippen molar-refractivity contribution in [3.8, 4) is 74.0 Å². The minimum atomic E-state index is -0.779. The fourth-order valence-corrected chi connectivity index (χ4v) is 4.73. The van der Waals surface area contributed by atoms with E-state index in [1.54, 1.807) is 0 Å². The van der Waals surface area contributed by atoms with Gasteiger partial charge < -0.3 is 44.6 Å². The molecule has 0 radical (unpaired) electrons. The molecule has 0 fully saturated rings. The molecular weight excluding hydrogens is 536 g/mol. The van der Waals surface area contributed by atoms with E-state index in [0.717, 1.165) is 36.4 Å². The van der Waals surface area contributed by atoms with Gasteiger partial charge in [0.1, 0.15) is 45.1 Å². The molecular formula is C30H18O11. The maximum Gasteiger partial charge on any atom is 0.197 e. The summed E-state index contributed by atoms with van der Waals surface area (Å²) in [6, 6.07) is 13.1. The van der Waals surface area contributed by atoms with Crippen LogP contribution in [-0.4, -0.2) is 35.7 Å². The number of hydrogen-bond acceptors (Lipinski definition) is 11. The third-order valence-corrected chi connectivity index (χ3v) is 6.63. The lowest BCUT2D eigenvalue weighted by Gasteiger charge is -2.16. The second-order valence-electron chi connectivity index (χ2n) is 9.15. The molecule has 0 saturated heterocycles. The van der Waals surface area contributed by atoms with Crippen LogP contribution in [0.15, 0.2) is 85.2 Å². The Bertz CT molecular complexity index is 2170. The highest BCUT2D eigenvalue weighted by molar-refractivity contribution is 6.05. The summed E-state index contributed by atoms with van der Waals surface area (Å²) in [4.78, 5) is 26.1. The standard InChI is InChI=1S/C30H18O11/c31-14-6-4-12(8-17(14)34)23-10-21(38)27-18(35)9-19(36)28(30(27)41-23)25-13(5-7-16(33)29(25)39)24-11-20(37)26-15(32)2-1-3-22(26)40-24/h1-11,31-36,39H. The van der Waals surface area contributed by atoms with E-state index < -0.39 is 50.9 Å². The predicted molar refractivity (Wildman–Crippen MR) is 146 cm³/mol. The van der Waals surface area contributed by atoms with E-state index in [1.165, 1.54) is 30.3 Å². The summed E-state index contributed by atoms with van der Waals surface area (Å²) in [5, 5.41) is 72.3. The monoisotopic (exact) mass is 554 g/mol. The molecule has 0 aliphatic heterocycles. The van der Waals surface area contributed by atoms with Crippen LogP contribution in [0.4, 0.5) is 0 Å². The first-order valence-electron chi connectivity index (χ1n) is 11.9. The van der Waals surface area contributed by atoms with Crippen LogP contribution >= 0.6 is 0 Å². The molecule has 7 N–H and O–H groups in total. The molecule has 11 heteroatoms. The summed E-state index contributed by atoms with van der Waals surface area (Å²) in [6.45, 7) is 0. The Labute approximate surface area is 227 Å². The molecule has 0 amide bonds. The van der Waals surface area contributed by atoms with Crippen LogP contribution in [0.1, 0.15) is 0 Å². The second-order valence-corrected chi connectivity index (χ2v) is 9.15. The van der Waals surface area contributed by atoms with Crippen molar-refractivity contribution in [3.05, 3.63) is 87.2 Å². The molecule has 6 rings (SSSR count). The molecule has 0 aliphatic carbocycles. The first-order valence-corrected chi connectivity index (χ1v) is 11.9. The number of phenols is 7. The van der Waals surface area contributed by atoms with Crippen LogP contribution in [-0.2, 0) is 0 Å². The van der Waals surface area contributed by atoms with Gasteiger partial charge >= 0.3 is 0 Å². The van der Waals surface area contributed by atoms with Gasteiger partial charge in [-0.3, -0.25) is 9.59 Å². The summed E-state index contributed by atoms with van der Waals surface area (Å²) in [5.74, 6) is -4.25. The Morgan fingerprint density at radius 3 is 1.98 bits per heavy atom. The number of benzene rings is 4. The first kappa shape index (κ1) is 25.2. The molecule has 41 heavy (non-hydrogen) atoms. The third-order valence-electron chi connectivity index (χ3n) is 6.63. The third kappa shape index (κ3) is 3.91. The molecule has 0 spiro atoms. The van der Waals surface area contributed by atoms with E-state index in [2.05, 4.69) is 0 Å². The number of fused-ring (bicyclic) bond motifs is 2. The highest BCUT2D eigenvalue weighted by Crippen LogP contribution is 2.50. The molecule has 11 nitrogen and oxygen atoms in total. The van der Waals surface area contributed by atoms with Crippen molar-refractivity contribution >= 4 is 21.9 Å². The van der Waals surface area contributed by atoms with Crippen LogP contribution in [0.3, 0.4) is 0 Å². The van der Waals surface area contributed by atoms with Crippen LogP contribution < -0.4 is 10.9 Å². The van der Waals surface area contributed by atoms with Gasteiger partial charge in [0, 0.05) is 34.9 Å². The molecule has 2 aromatic heterocycles. The van der Waals surface area contributed by atoms with Crippen molar-refractivity contribution in [2.45, 2.75) is 0 Å². The largest absolute Gasteiger partial charge is 0.507 e. The molecule has 0 aliphatic rings. The second kappa shape index (κ2) is 8.99. The van der Waals surface area contributed by atoms with Crippen LogP contribution in [0.5, 0.6) is 40.2 Å². The molecule has 4 aromatic carbocycles. The van der Waals surface area contributed by atoms with E-state index in [9.17, 15) is 45.3 Å². The zero-order chi connectivity index (χ0) is 29.2. The highest BCUT2D eigenvalue weighted by atomic mass is 16.3. The minimum absolute atomic E-state index is 0.00626. The maximum absolute atomic E-state index is 13.2. The molecule has 0 unspecified atom stereocenters. The molecule has 204 valence electrons. The Hall–Kier alpha value is -6.10. The predicted octanol–water partition coefficient (Wildman–Crippen LogP) is 4.84. The lowest BCUT2D eigenvalue weighted by Crippen LogP contribution is -2.03. The first-order chi connectivity index (χ1) is 19.5. The number of phenolic OH excluding ortho intramolecular Hbond substituents is 7. The molecule has 0 saturated carbocycles. The number of aromatic hydroxyl groups is 7. The van der Waals surface area contributed by atoms with Crippen molar-refractivity contribution in [1.82, 2.24) is 0 Å². The number of hydrogen-bond donors (Lipinski definition) is 7. The van der Waals surface area contributed by atoms with Gasteiger partial charge in [-0.1, -0.05) is 6.07 Å². The van der Waals surface area contributed by atoms with Gasteiger partial charge in [-0.2, -0.15) is 0 Å². The van der Waals surface area contributed by atoms with Gasteiger partial charge in [0.05, 0.1) is 5.56 Å². The van der Waals surface area contributed by atoms with E-state index in [0.29, 0.717) is 0 Å². The lowest BCUT2D eigenvalue weighted by atomic mass is 9.93. The fourth-order valence-electron chi connectivity index (χ4n) is 4.73. The van der Waals surface area contributed by atoms with Gasteiger partial charge in [0.15, 0.2) is 39.4 Å². The Morgan fingerprint density at radius 1 is 0.512 bits per heavy atom. The Balaban J connectivity index is 1.72. The van der Waals surface area contributed by atoms with Gasteiger partial charge in [-0.25, -0.2) is 0 Å². The zero-order valence-electron chi connectivity index (χ0n) is 20.6. The Kier molecular flexibility index (Phi) is 5.52. The summed E-state index contributed by atoms with van der Waals surface area (Å²) in [5.41, 5.74) is -2.34. The van der Waals surface area contributed by atoms with E-state index in [-0.39, 0.29) is 55.9 Å². The van der Waals surface area contributed by atoms with Crippen molar-refractivity contribution in [2.24, 2.45) is 0 Å². The van der Waals surface area contributed by atoms with Crippen molar-refractivity contribution in [1.29, 1.82) is 0 Å². The SMILES string of the molecule is O=c1cc(-c2ccc(O)c(O)c2-c2c(O)cc(O)c3c(=O)cc(-c4ccc(O)c(O)c4)oc23)oc2cccc(O)c12. The van der Waals surface area contributed by atoms with Gasteiger partial charge in [0.25, 0.3) is 0 Å². The normalized spacial score (nSPS) is 11.3. The minimum Gasteiger partial charge on any atom is -0.507 e. The van der Waals surface area contributed by atoms with Crippen LogP contribution in [0, 0.1) is 0 Å². The van der Waals surface area contributed by atoms with Crippen molar-refractivity contribution < 1.29 is 44.6 Å².